The van der Waals surface area contributed by atoms with Crippen LogP contribution in [0.25, 0.3) is 0 Å². The van der Waals surface area contributed by atoms with Gasteiger partial charge in [-0.15, -0.1) is 0 Å². The fraction of sp³-hybridized carbons (Fsp3) is 0.500. The van der Waals surface area contributed by atoms with Crippen LogP contribution >= 0.6 is 23.4 Å². The first-order valence-electron chi connectivity index (χ1n) is 6.14. The van der Waals surface area contributed by atoms with E-state index in [9.17, 15) is 12.8 Å². The quantitative estimate of drug-likeness (QED) is 0.862. The second-order valence-electron chi connectivity index (χ2n) is 4.52. The van der Waals surface area contributed by atoms with Gasteiger partial charge in [0, 0.05) is 22.4 Å². The van der Waals surface area contributed by atoms with Gasteiger partial charge in [-0.2, -0.15) is 11.8 Å². The van der Waals surface area contributed by atoms with Crippen LogP contribution < -0.4 is 4.72 Å². The average Bonchev–Trinajstić information content (AvgIpc) is 2.92. The number of aliphatic hydroxyl groups is 1. The Bertz CT molecular complexity index is 589. The van der Waals surface area contributed by atoms with E-state index in [1.54, 1.807) is 11.8 Å². The lowest BCUT2D eigenvalue weighted by atomic mass is 10.2. The molecule has 0 saturated carbocycles. The van der Waals surface area contributed by atoms with E-state index in [0.717, 1.165) is 24.7 Å². The molecule has 1 aromatic carbocycles. The summed E-state index contributed by atoms with van der Waals surface area (Å²) in [5.74, 6) is 0.0653. The van der Waals surface area contributed by atoms with Crippen molar-refractivity contribution in [3.8, 4) is 0 Å². The monoisotopic (exact) mass is 339 g/mol. The third-order valence-electron chi connectivity index (χ3n) is 3.06. The van der Waals surface area contributed by atoms with Crippen molar-refractivity contribution in [2.75, 3.05) is 12.3 Å². The molecule has 4 nitrogen and oxygen atoms in total. The van der Waals surface area contributed by atoms with Crippen LogP contribution in [-0.4, -0.2) is 31.1 Å². The lowest BCUT2D eigenvalue weighted by Crippen LogP contribution is -2.30. The zero-order chi connectivity index (χ0) is 14.8. The number of hydrogen-bond donors (Lipinski definition) is 2. The molecule has 0 radical (unpaired) electrons. The van der Waals surface area contributed by atoms with Crippen LogP contribution in [0.4, 0.5) is 4.39 Å². The summed E-state index contributed by atoms with van der Waals surface area (Å²) in [5, 5.41) is 9.32. The zero-order valence-electron chi connectivity index (χ0n) is 10.6. The van der Waals surface area contributed by atoms with Crippen molar-refractivity contribution >= 4 is 33.4 Å². The number of benzene rings is 1. The van der Waals surface area contributed by atoms with Crippen molar-refractivity contribution in [2.24, 2.45) is 0 Å². The summed E-state index contributed by atoms with van der Waals surface area (Å²) < 4.78 is 40.7. The van der Waals surface area contributed by atoms with Gasteiger partial charge in [0.15, 0.2) is 0 Å². The molecule has 20 heavy (non-hydrogen) atoms. The van der Waals surface area contributed by atoms with Crippen molar-refractivity contribution < 1.29 is 17.9 Å². The molecule has 2 N–H and O–H groups in total. The normalized spacial score (nSPS) is 19.4. The van der Waals surface area contributed by atoms with Crippen LogP contribution in [0.1, 0.15) is 18.4 Å². The molecule has 0 bridgehead atoms. The minimum absolute atomic E-state index is 0.0751. The summed E-state index contributed by atoms with van der Waals surface area (Å²) in [5.41, 5.74) is -0.131. The van der Waals surface area contributed by atoms with Crippen LogP contribution in [0.5, 0.6) is 0 Å². The molecule has 0 amide bonds. The number of rotatable bonds is 5. The van der Waals surface area contributed by atoms with Crippen molar-refractivity contribution in [2.45, 2.75) is 29.6 Å². The number of sulfonamides is 1. The summed E-state index contributed by atoms with van der Waals surface area (Å²) in [6.45, 7) is -0.333. The number of thioether (sulfide) groups is 1. The molecule has 1 aliphatic rings. The molecule has 1 heterocycles. The molecule has 1 aromatic rings. The zero-order valence-corrected chi connectivity index (χ0v) is 13.0. The van der Waals surface area contributed by atoms with E-state index < -0.39 is 27.3 Å². The average molecular weight is 340 g/mol. The van der Waals surface area contributed by atoms with E-state index in [1.165, 1.54) is 6.07 Å². The highest BCUT2D eigenvalue weighted by Crippen LogP contribution is 2.27. The predicted octanol–water partition coefficient (Wildman–Crippen LogP) is 2.15. The highest BCUT2D eigenvalue weighted by molar-refractivity contribution is 8.00. The maximum Gasteiger partial charge on any atom is 0.243 e. The Balaban J connectivity index is 2.22. The van der Waals surface area contributed by atoms with E-state index in [2.05, 4.69) is 4.72 Å². The summed E-state index contributed by atoms with van der Waals surface area (Å²) in [6.07, 6.45) is 2.02. The molecule has 1 saturated heterocycles. The molecule has 2 rings (SSSR count). The number of hydrogen-bond acceptors (Lipinski definition) is 4. The maximum absolute atomic E-state index is 14.0. The molecule has 1 atom stereocenters. The van der Waals surface area contributed by atoms with Gasteiger partial charge in [0.05, 0.1) is 6.61 Å². The van der Waals surface area contributed by atoms with Crippen LogP contribution in [0, 0.1) is 5.82 Å². The fourth-order valence-electron chi connectivity index (χ4n) is 2.01. The molecule has 0 aliphatic carbocycles. The molecule has 1 aliphatic heterocycles. The first kappa shape index (κ1) is 16.0. The number of nitrogens with one attached hydrogen (secondary N) is 1. The molecule has 1 unspecified atom stereocenters. The summed E-state index contributed by atoms with van der Waals surface area (Å²) in [4.78, 5) is -0.517. The Kier molecular flexibility index (Phi) is 5.30. The molecular formula is C12H15ClFNO3S2. The second kappa shape index (κ2) is 6.62. The standard InChI is InChI=1S/C12H15ClFNO3S2/c13-9-4-8(7-16)12(14)11(5-9)20(17,18)15-6-10-2-1-3-19-10/h4-5,10,15-16H,1-3,6-7H2. The highest BCUT2D eigenvalue weighted by atomic mass is 35.5. The molecule has 112 valence electrons. The van der Waals surface area contributed by atoms with Gasteiger partial charge >= 0.3 is 0 Å². The first-order chi connectivity index (χ1) is 9.44. The lowest BCUT2D eigenvalue weighted by Gasteiger charge is -2.13. The van der Waals surface area contributed by atoms with Gasteiger partial charge in [0.2, 0.25) is 10.0 Å². The van der Waals surface area contributed by atoms with Crippen LogP contribution in [0.2, 0.25) is 5.02 Å². The lowest BCUT2D eigenvalue weighted by molar-refractivity contribution is 0.274. The minimum atomic E-state index is -3.97. The Morgan fingerprint density at radius 3 is 2.85 bits per heavy atom. The third kappa shape index (κ3) is 3.65. The van der Waals surface area contributed by atoms with Gasteiger partial charge in [-0.05, 0) is 30.7 Å². The van der Waals surface area contributed by atoms with Gasteiger partial charge in [0.25, 0.3) is 0 Å². The topological polar surface area (TPSA) is 66.4 Å². The largest absolute Gasteiger partial charge is 0.392 e. The molecule has 8 heteroatoms. The van der Waals surface area contributed by atoms with Crippen molar-refractivity contribution in [3.63, 3.8) is 0 Å². The van der Waals surface area contributed by atoms with Crippen molar-refractivity contribution in [1.29, 1.82) is 0 Å². The highest BCUT2D eigenvalue weighted by Gasteiger charge is 2.24. The summed E-state index contributed by atoms with van der Waals surface area (Å²) >= 11 is 7.47. The predicted molar refractivity (Wildman–Crippen MR) is 78.0 cm³/mol. The second-order valence-corrected chi connectivity index (χ2v) is 8.10. The molecule has 1 fully saturated rings. The van der Waals surface area contributed by atoms with Gasteiger partial charge in [-0.1, -0.05) is 11.6 Å². The van der Waals surface area contributed by atoms with Crippen LogP contribution in [0.15, 0.2) is 17.0 Å². The molecular weight excluding hydrogens is 325 g/mol. The van der Waals surface area contributed by atoms with Crippen molar-refractivity contribution in [1.82, 2.24) is 4.72 Å². The van der Waals surface area contributed by atoms with E-state index >= 15 is 0 Å². The fourth-order valence-corrected chi connectivity index (χ4v) is 4.85. The molecule has 0 aromatic heterocycles. The first-order valence-corrected chi connectivity index (χ1v) is 9.05. The van der Waals surface area contributed by atoms with Gasteiger partial charge < -0.3 is 5.11 Å². The maximum atomic E-state index is 14.0. The smallest absolute Gasteiger partial charge is 0.243 e. The SMILES string of the molecule is O=S(=O)(NCC1CCCS1)c1cc(Cl)cc(CO)c1F. The van der Waals surface area contributed by atoms with Gasteiger partial charge in [-0.25, -0.2) is 17.5 Å². The summed E-state index contributed by atoms with van der Waals surface area (Å²) in [6, 6.07) is 2.27. The number of halogens is 2. The van der Waals surface area contributed by atoms with Crippen molar-refractivity contribution in [3.05, 3.63) is 28.5 Å². The van der Waals surface area contributed by atoms with Gasteiger partial charge in [0.1, 0.15) is 10.7 Å². The Morgan fingerprint density at radius 1 is 1.50 bits per heavy atom. The Morgan fingerprint density at radius 2 is 2.25 bits per heavy atom. The number of aliphatic hydroxyl groups excluding tert-OH is 1. The van der Waals surface area contributed by atoms with E-state index in [1.807, 2.05) is 0 Å². The van der Waals surface area contributed by atoms with Gasteiger partial charge in [-0.3, -0.25) is 0 Å². The van der Waals surface area contributed by atoms with Crippen LogP contribution in [-0.2, 0) is 16.6 Å². The molecule has 0 spiro atoms. The van der Waals surface area contributed by atoms with E-state index in [-0.39, 0.29) is 22.4 Å². The van der Waals surface area contributed by atoms with Crippen LogP contribution in [0.3, 0.4) is 0 Å². The Hall–Kier alpha value is -0.340. The Labute approximate surface area is 126 Å². The minimum Gasteiger partial charge on any atom is -0.392 e. The van der Waals surface area contributed by atoms with E-state index in [4.69, 9.17) is 16.7 Å². The summed E-state index contributed by atoms with van der Waals surface area (Å²) in [7, 11) is -3.97. The van der Waals surface area contributed by atoms with E-state index in [0.29, 0.717) is 0 Å². The third-order valence-corrected chi connectivity index (χ3v) is 6.10.